The zero-order valence-electron chi connectivity index (χ0n) is 11.0. The molecule has 5 nitrogen and oxygen atoms in total. The minimum Gasteiger partial charge on any atom is -0.467 e. The Morgan fingerprint density at radius 2 is 2.00 bits per heavy atom. The van der Waals surface area contributed by atoms with Crippen molar-refractivity contribution in [3.05, 3.63) is 28.8 Å². The first kappa shape index (κ1) is 15.3. The third kappa shape index (κ3) is 3.86. The number of ether oxygens (including phenoxy) is 2. The van der Waals surface area contributed by atoms with Crippen molar-refractivity contribution in [1.29, 1.82) is 0 Å². The standard InChI is InChI=1S/C13H16ClNO4/c1-4-11(13(17)19-3)15-8-5-6-10(14)9(7-8)12(16)18-2/h5-7,11,15H,4H2,1-3H3. The van der Waals surface area contributed by atoms with E-state index in [1.54, 1.807) is 18.2 Å². The highest BCUT2D eigenvalue weighted by atomic mass is 35.5. The fourth-order valence-corrected chi connectivity index (χ4v) is 1.75. The van der Waals surface area contributed by atoms with Crippen LogP contribution >= 0.6 is 11.6 Å². The highest BCUT2D eigenvalue weighted by molar-refractivity contribution is 6.33. The summed E-state index contributed by atoms with van der Waals surface area (Å²) in [7, 11) is 2.61. The van der Waals surface area contributed by atoms with Crippen LogP contribution in [0.3, 0.4) is 0 Å². The first-order valence-corrected chi connectivity index (χ1v) is 6.13. The minimum atomic E-state index is -0.528. The molecule has 0 amide bonds. The molecule has 104 valence electrons. The van der Waals surface area contributed by atoms with Crippen LogP contribution in [0.5, 0.6) is 0 Å². The summed E-state index contributed by atoms with van der Waals surface area (Å²) in [5.41, 5.74) is 0.843. The van der Waals surface area contributed by atoms with Crippen LogP contribution in [0.1, 0.15) is 23.7 Å². The second kappa shape index (κ2) is 6.99. The Hall–Kier alpha value is -1.75. The molecule has 1 atom stereocenters. The molecule has 0 fully saturated rings. The Kier molecular flexibility index (Phi) is 5.63. The maximum atomic E-state index is 11.5. The van der Waals surface area contributed by atoms with Crippen LogP contribution in [0, 0.1) is 0 Å². The zero-order valence-corrected chi connectivity index (χ0v) is 11.8. The van der Waals surface area contributed by atoms with E-state index < -0.39 is 12.0 Å². The Balaban J connectivity index is 2.96. The largest absolute Gasteiger partial charge is 0.467 e. The lowest BCUT2D eigenvalue weighted by Crippen LogP contribution is -2.29. The molecule has 1 rings (SSSR count). The summed E-state index contributed by atoms with van der Waals surface area (Å²) in [5.74, 6) is -0.892. The molecule has 0 aliphatic rings. The third-order valence-electron chi connectivity index (χ3n) is 2.61. The second-order valence-corrected chi connectivity index (χ2v) is 4.22. The lowest BCUT2D eigenvalue weighted by molar-refractivity contribution is -0.141. The van der Waals surface area contributed by atoms with Gasteiger partial charge < -0.3 is 14.8 Å². The quantitative estimate of drug-likeness (QED) is 0.842. The predicted octanol–water partition coefficient (Wildman–Crippen LogP) is 2.49. The number of methoxy groups -OCH3 is 2. The van der Waals surface area contributed by atoms with Crippen molar-refractivity contribution < 1.29 is 19.1 Å². The van der Waals surface area contributed by atoms with E-state index in [0.29, 0.717) is 17.1 Å². The number of esters is 2. The number of rotatable bonds is 5. The third-order valence-corrected chi connectivity index (χ3v) is 2.94. The van der Waals surface area contributed by atoms with E-state index in [4.69, 9.17) is 11.6 Å². The van der Waals surface area contributed by atoms with Gasteiger partial charge in [-0.1, -0.05) is 18.5 Å². The van der Waals surface area contributed by atoms with E-state index in [1.165, 1.54) is 14.2 Å². The molecule has 0 aliphatic carbocycles. The summed E-state index contributed by atoms with van der Waals surface area (Å²) in [6.45, 7) is 1.85. The van der Waals surface area contributed by atoms with Gasteiger partial charge in [0.2, 0.25) is 0 Å². The molecule has 6 heteroatoms. The molecule has 1 N–H and O–H groups in total. The number of carbonyl (C=O) groups is 2. The van der Waals surface area contributed by atoms with Gasteiger partial charge in [0.05, 0.1) is 24.8 Å². The number of benzene rings is 1. The highest BCUT2D eigenvalue weighted by Crippen LogP contribution is 2.22. The number of nitrogens with one attached hydrogen (secondary N) is 1. The van der Waals surface area contributed by atoms with Gasteiger partial charge in [-0.25, -0.2) is 9.59 Å². The molecule has 0 saturated heterocycles. The molecule has 1 aromatic carbocycles. The Bertz CT molecular complexity index is 476. The van der Waals surface area contributed by atoms with Crippen molar-refractivity contribution in [1.82, 2.24) is 0 Å². The molecule has 0 saturated carbocycles. The van der Waals surface area contributed by atoms with Crippen molar-refractivity contribution >= 4 is 29.2 Å². The maximum absolute atomic E-state index is 11.5. The van der Waals surface area contributed by atoms with Crippen LogP contribution in [-0.2, 0) is 14.3 Å². The van der Waals surface area contributed by atoms with Crippen LogP contribution < -0.4 is 5.32 Å². The predicted molar refractivity (Wildman–Crippen MR) is 72.5 cm³/mol. The summed E-state index contributed by atoms with van der Waals surface area (Å²) in [4.78, 5) is 23.0. The van der Waals surface area contributed by atoms with Gasteiger partial charge in [-0.05, 0) is 24.6 Å². The Morgan fingerprint density at radius 3 is 2.53 bits per heavy atom. The molecule has 0 spiro atoms. The van der Waals surface area contributed by atoms with Crippen LogP contribution in [0.25, 0.3) is 0 Å². The van der Waals surface area contributed by atoms with Crippen LogP contribution in [0.4, 0.5) is 5.69 Å². The highest BCUT2D eigenvalue weighted by Gasteiger charge is 2.18. The van der Waals surface area contributed by atoms with Gasteiger partial charge in [-0.2, -0.15) is 0 Å². The van der Waals surface area contributed by atoms with E-state index in [1.807, 2.05) is 6.92 Å². The molecular weight excluding hydrogens is 270 g/mol. The monoisotopic (exact) mass is 285 g/mol. The lowest BCUT2D eigenvalue weighted by atomic mass is 10.1. The van der Waals surface area contributed by atoms with Crippen molar-refractivity contribution in [2.75, 3.05) is 19.5 Å². The number of carbonyl (C=O) groups excluding carboxylic acids is 2. The van der Waals surface area contributed by atoms with Gasteiger partial charge in [0, 0.05) is 5.69 Å². The smallest absolute Gasteiger partial charge is 0.339 e. The topological polar surface area (TPSA) is 64.6 Å². The van der Waals surface area contributed by atoms with E-state index in [0.717, 1.165) is 0 Å². The van der Waals surface area contributed by atoms with Crippen molar-refractivity contribution in [2.45, 2.75) is 19.4 Å². The van der Waals surface area contributed by atoms with E-state index in [-0.39, 0.29) is 11.5 Å². The second-order valence-electron chi connectivity index (χ2n) is 3.81. The van der Waals surface area contributed by atoms with Gasteiger partial charge in [-0.15, -0.1) is 0 Å². The Morgan fingerprint density at radius 1 is 1.32 bits per heavy atom. The molecule has 19 heavy (non-hydrogen) atoms. The summed E-state index contributed by atoms with van der Waals surface area (Å²) in [6.07, 6.45) is 0.558. The normalized spacial score (nSPS) is 11.6. The zero-order chi connectivity index (χ0) is 14.4. The van der Waals surface area contributed by atoms with Crippen molar-refractivity contribution in [2.24, 2.45) is 0 Å². The summed E-state index contributed by atoms with van der Waals surface area (Å²) in [5, 5.41) is 3.28. The number of anilines is 1. The van der Waals surface area contributed by atoms with Gasteiger partial charge in [0.15, 0.2) is 0 Å². The Labute approximate surface area is 116 Å². The van der Waals surface area contributed by atoms with Crippen molar-refractivity contribution in [3.8, 4) is 0 Å². The van der Waals surface area contributed by atoms with E-state index >= 15 is 0 Å². The summed E-state index contributed by atoms with van der Waals surface area (Å²) >= 11 is 5.91. The molecule has 0 aliphatic heterocycles. The molecule has 0 radical (unpaired) electrons. The SMILES string of the molecule is CCC(Nc1ccc(Cl)c(C(=O)OC)c1)C(=O)OC. The number of hydrogen-bond acceptors (Lipinski definition) is 5. The summed E-state index contributed by atoms with van der Waals surface area (Å²) < 4.78 is 9.31. The van der Waals surface area contributed by atoms with Crippen molar-refractivity contribution in [3.63, 3.8) is 0 Å². The molecule has 0 heterocycles. The first-order chi connectivity index (χ1) is 9.03. The molecular formula is C13H16ClNO4. The summed E-state index contributed by atoms with van der Waals surface area (Å²) in [6, 6.07) is 4.32. The average Bonchev–Trinajstić information content (AvgIpc) is 2.44. The van der Waals surface area contributed by atoms with Gasteiger partial charge in [-0.3, -0.25) is 0 Å². The average molecular weight is 286 g/mol. The minimum absolute atomic E-state index is 0.244. The molecule has 1 unspecified atom stereocenters. The lowest BCUT2D eigenvalue weighted by Gasteiger charge is -2.16. The first-order valence-electron chi connectivity index (χ1n) is 5.75. The van der Waals surface area contributed by atoms with Crippen LogP contribution in [0.15, 0.2) is 18.2 Å². The van der Waals surface area contributed by atoms with Crippen LogP contribution in [-0.4, -0.2) is 32.2 Å². The molecule has 0 aromatic heterocycles. The van der Waals surface area contributed by atoms with Gasteiger partial charge in [0.25, 0.3) is 0 Å². The van der Waals surface area contributed by atoms with E-state index in [9.17, 15) is 9.59 Å². The fraction of sp³-hybridized carbons (Fsp3) is 0.385. The van der Waals surface area contributed by atoms with Crippen LogP contribution in [0.2, 0.25) is 5.02 Å². The maximum Gasteiger partial charge on any atom is 0.339 e. The molecule has 0 bridgehead atoms. The molecule has 1 aromatic rings. The van der Waals surface area contributed by atoms with E-state index in [2.05, 4.69) is 14.8 Å². The van der Waals surface area contributed by atoms with Gasteiger partial charge in [0.1, 0.15) is 6.04 Å². The van der Waals surface area contributed by atoms with Gasteiger partial charge >= 0.3 is 11.9 Å². The number of hydrogen-bond donors (Lipinski definition) is 1. The number of halogens is 1. The fourth-order valence-electron chi connectivity index (χ4n) is 1.55.